The molecule has 4 aliphatic heterocycles. The number of nitrogens with one attached hydrogen (secondary N) is 2. The maximum Gasteiger partial charge on any atom is 0.251 e. The minimum atomic E-state index is -2.06. The number of amides is 2. The maximum atomic E-state index is 12.5. The SMILES string of the molecule is COC1OCC(OC2OC[C@@H](C)C(O)C2OCC(C)O)C(O)C1OCC(C)OCC(O)COCCCCCCNC(=O)C(O)C(O)C(O)C(=O)NCCCCCCOCC(O)COC(C)COC1C(OC)OCC(OC2OC[C@H](C)C(O)C2OCC(C)O)C1O. The normalized spacial score (nSPS) is 32.3. The van der Waals surface area contributed by atoms with Crippen LogP contribution in [0.3, 0.4) is 0 Å². The van der Waals surface area contributed by atoms with Crippen LogP contribution in [-0.2, 0) is 85.4 Å². The monoisotopic (exact) mass is 1310 g/mol. The Morgan fingerprint density at radius 1 is 0.444 bits per heavy atom. The lowest BCUT2D eigenvalue weighted by atomic mass is 9.97. The molecule has 0 aliphatic carbocycles. The van der Waals surface area contributed by atoms with Crippen LogP contribution in [0.25, 0.3) is 0 Å². The first-order chi connectivity index (χ1) is 43.0. The Labute approximate surface area is 528 Å². The lowest BCUT2D eigenvalue weighted by Gasteiger charge is -2.44. The molecule has 0 radical (unpaired) electrons. The van der Waals surface area contributed by atoms with Crippen LogP contribution in [0.2, 0.25) is 0 Å². The van der Waals surface area contributed by atoms with Gasteiger partial charge in [-0.15, -0.1) is 0 Å². The van der Waals surface area contributed by atoms with E-state index in [1.54, 1.807) is 41.5 Å². The molecule has 90 heavy (non-hydrogen) atoms. The highest BCUT2D eigenvalue weighted by Crippen LogP contribution is 2.31. The second kappa shape index (κ2) is 43.8. The van der Waals surface area contributed by atoms with E-state index in [-0.39, 0.29) is 104 Å². The molecule has 25 atom stereocenters. The number of rotatable bonds is 46. The second-order valence-corrected chi connectivity index (χ2v) is 24.0. The van der Waals surface area contributed by atoms with Gasteiger partial charge in [-0.3, -0.25) is 9.59 Å². The zero-order chi connectivity index (χ0) is 66.3. The van der Waals surface area contributed by atoms with E-state index in [1.807, 2.05) is 0 Å². The van der Waals surface area contributed by atoms with Crippen LogP contribution in [0.15, 0.2) is 0 Å². The third-order valence-corrected chi connectivity index (χ3v) is 15.4. The van der Waals surface area contributed by atoms with Crippen LogP contribution in [-0.4, -0.2) is 329 Å². The van der Waals surface area contributed by atoms with Crippen molar-refractivity contribution in [3.8, 4) is 0 Å². The van der Waals surface area contributed by atoms with E-state index in [0.717, 1.165) is 12.8 Å². The van der Waals surface area contributed by atoms with Crippen molar-refractivity contribution in [2.75, 3.05) is 120 Å². The quantitative estimate of drug-likeness (QED) is 0.0263. The average molecular weight is 1310 g/mol. The largest absolute Gasteiger partial charge is 0.391 e. The highest BCUT2D eigenvalue weighted by molar-refractivity contribution is 5.85. The molecule has 4 saturated heterocycles. The van der Waals surface area contributed by atoms with Crippen molar-refractivity contribution in [2.45, 2.75) is 234 Å². The Balaban J connectivity index is 0.961. The molecule has 31 nitrogen and oxygen atoms in total. The number of methoxy groups -OCH3 is 2. The van der Waals surface area contributed by atoms with Gasteiger partial charge in [0.1, 0.15) is 67.1 Å². The summed E-state index contributed by atoms with van der Waals surface area (Å²) in [5.74, 6) is -2.39. The second-order valence-electron chi connectivity index (χ2n) is 24.0. The Bertz CT molecular complexity index is 1760. The fourth-order valence-corrected chi connectivity index (χ4v) is 9.95. The van der Waals surface area contributed by atoms with Gasteiger partial charge in [0.15, 0.2) is 37.4 Å². The molecular formula is C59H110N2O29. The Hall–Kier alpha value is -2.14. The number of carbonyl (C=O) groups excluding carboxylic acids is 2. The predicted molar refractivity (Wildman–Crippen MR) is 313 cm³/mol. The molecule has 530 valence electrons. The standard InChI is InChI=1S/C59H110N2O29/c1-33-21-85-58(50(43(33)66)81-23-35(3)62)89-41-31-87-56(75-7)52(45(41)68)83-25-37(5)79-29-39(64)27-77-19-15-11-9-13-17-60-54(73)48(71)47(70)49(72)55(74)61-18-14-10-12-16-20-78-28-40(65)30-80-38(6)26-84-53-46(69)42(32-88-57(53)76-8)90-59-51(82-24-36(4)63)44(67)34(2)22-86-59/h33-53,56-59,62-72H,9-32H2,1-8H3,(H,60,73)(H,61,74)/t33-,34+,35?,36?,37?,38?,39?,40?,41?,42?,43?,44?,45?,46?,47?,48?,49?,50?,51?,52?,53?,56?,57?,58?,59?. The first-order valence-electron chi connectivity index (χ1n) is 31.7. The van der Waals surface area contributed by atoms with Gasteiger partial charge in [0.2, 0.25) is 0 Å². The van der Waals surface area contributed by atoms with Crippen molar-refractivity contribution in [2.24, 2.45) is 11.8 Å². The smallest absolute Gasteiger partial charge is 0.251 e. The summed E-state index contributed by atoms with van der Waals surface area (Å²) in [5.41, 5.74) is 0. The van der Waals surface area contributed by atoms with Crippen molar-refractivity contribution in [1.29, 1.82) is 0 Å². The summed E-state index contributed by atoms with van der Waals surface area (Å²) >= 11 is 0. The van der Waals surface area contributed by atoms with E-state index >= 15 is 0 Å². The molecule has 0 saturated carbocycles. The lowest BCUT2D eigenvalue weighted by Crippen LogP contribution is -2.59. The Morgan fingerprint density at radius 2 is 0.789 bits per heavy atom. The fourth-order valence-electron chi connectivity index (χ4n) is 9.95. The zero-order valence-electron chi connectivity index (χ0n) is 53.7. The number of aliphatic hydroxyl groups is 11. The van der Waals surface area contributed by atoms with Gasteiger partial charge in [-0.1, -0.05) is 39.5 Å². The third kappa shape index (κ3) is 28.3. The molecule has 0 aromatic heterocycles. The van der Waals surface area contributed by atoms with Gasteiger partial charge in [-0.2, -0.15) is 0 Å². The fraction of sp³-hybridized carbons (Fsp3) is 0.966. The molecule has 0 bridgehead atoms. The molecule has 0 aromatic rings. The van der Waals surface area contributed by atoms with E-state index in [4.69, 9.17) is 75.8 Å². The van der Waals surface area contributed by atoms with Crippen LogP contribution < -0.4 is 10.6 Å². The van der Waals surface area contributed by atoms with Gasteiger partial charge < -0.3 is 143 Å². The Kier molecular flexibility index (Phi) is 39.1. The van der Waals surface area contributed by atoms with Crippen LogP contribution in [0, 0.1) is 11.8 Å². The first kappa shape index (κ1) is 80.3. The van der Waals surface area contributed by atoms with E-state index in [1.165, 1.54) is 14.2 Å². The van der Waals surface area contributed by atoms with Gasteiger partial charge in [-0.25, -0.2) is 0 Å². The summed E-state index contributed by atoms with van der Waals surface area (Å²) in [6.45, 7) is 11.3. The molecule has 4 rings (SSSR count). The highest BCUT2D eigenvalue weighted by atomic mass is 16.8. The van der Waals surface area contributed by atoms with Crippen molar-refractivity contribution < 1.29 is 142 Å². The van der Waals surface area contributed by atoms with E-state index in [2.05, 4.69) is 10.6 Å². The molecule has 31 heteroatoms. The van der Waals surface area contributed by atoms with Crippen molar-refractivity contribution in [1.82, 2.24) is 10.6 Å². The van der Waals surface area contributed by atoms with Gasteiger partial charge >= 0.3 is 0 Å². The Morgan fingerprint density at radius 3 is 1.16 bits per heavy atom. The minimum Gasteiger partial charge on any atom is -0.391 e. The predicted octanol–water partition coefficient (Wildman–Crippen LogP) is -3.51. The molecule has 4 aliphatic rings. The molecule has 23 unspecified atom stereocenters. The molecular weight excluding hydrogens is 1200 g/mol. The molecule has 4 heterocycles. The van der Waals surface area contributed by atoms with E-state index < -0.39 is 153 Å². The summed E-state index contributed by atoms with van der Waals surface area (Å²) in [7, 11) is 2.82. The molecule has 4 fully saturated rings. The number of aliphatic hydroxyl groups excluding tert-OH is 11. The number of hydrogen-bond donors (Lipinski definition) is 13. The lowest BCUT2D eigenvalue weighted by molar-refractivity contribution is -0.332. The highest BCUT2D eigenvalue weighted by Gasteiger charge is 2.49. The average Bonchev–Trinajstić information content (AvgIpc) is 2.79. The zero-order valence-corrected chi connectivity index (χ0v) is 53.7. The van der Waals surface area contributed by atoms with E-state index in [9.17, 15) is 65.8 Å². The summed E-state index contributed by atoms with van der Waals surface area (Å²) < 4.78 is 92.0. The number of carbonyl (C=O) groups is 2. The van der Waals surface area contributed by atoms with Crippen molar-refractivity contribution in [3.05, 3.63) is 0 Å². The third-order valence-electron chi connectivity index (χ3n) is 15.4. The summed E-state index contributed by atoms with van der Waals surface area (Å²) in [5, 5.41) is 120. The van der Waals surface area contributed by atoms with Crippen LogP contribution >= 0.6 is 0 Å². The molecule has 0 aromatic carbocycles. The van der Waals surface area contributed by atoms with Gasteiger partial charge in [0, 0.05) is 52.4 Å². The molecule has 2 amide bonds. The van der Waals surface area contributed by atoms with E-state index in [0.29, 0.717) is 51.7 Å². The molecule has 13 N–H and O–H groups in total. The summed E-state index contributed by atoms with van der Waals surface area (Å²) in [6.07, 6.45) is -19.4. The van der Waals surface area contributed by atoms with Gasteiger partial charge in [-0.05, 0) is 53.4 Å². The number of hydrogen-bond acceptors (Lipinski definition) is 29. The molecule has 0 spiro atoms. The maximum absolute atomic E-state index is 12.5. The van der Waals surface area contributed by atoms with Crippen LogP contribution in [0.4, 0.5) is 0 Å². The summed E-state index contributed by atoms with van der Waals surface area (Å²) in [4.78, 5) is 25.0. The van der Waals surface area contributed by atoms with Crippen molar-refractivity contribution >= 4 is 11.8 Å². The number of ether oxygens (including phenoxy) is 16. The first-order valence-corrected chi connectivity index (χ1v) is 31.7. The summed E-state index contributed by atoms with van der Waals surface area (Å²) in [6, 6.07) is 0. The van der Waals surface area contributed by atoms with Gasteiger partial charge in [0.05, 0.1) is 116 Å². The topological polar surface area (TPSA) is 428 Å². The van der Waals surface area contributed by atoms with Crippen LogP contribution in [0.5, 0.6) is 0 Å². The van der Waals surface area contributed by atoms with Gasteiger partial charge in [0.25, 0.3) is 11.8 Å². The van der Waals surface area contributed by atoms with Crippen molar-refractivity contribution in [3.63, 3.8) is 0 Å². The minimum absolute atomic E-state index is 0.00198. The van der Waals surface area contributed by atoms with Crippen LogP contribution in [0.1, 0.15) is 92.9 Å². The number of unbranched alkanes of at least 4 members (excludes halogenated alkanes) is 6.